The molecule has 0 unspecified atom stereocenters. The zero-order valence-electron chi connectivity index (χ0n) is 15.5. The molecule has 1 saturated heterocycles. The first kappa shape index (κ1) is 20.3. The SMILES string of the molecule is CC[C@H](C)[C@H](NC(=O)OC(C)(C)C)C(=O)N1CCC[C@H]1C(=O)OC. The van der Waals surface area contributed by atoms with Gasteiger partial charge in [0.1, 0.15) is 17.7 Å². The minimum Gasteiger partial charge on any atom is -0.467 e. The number of hydrogen-bond acceptors (Lipinski definition) is 5. The molecule has 3 atom stereocenters. The maximum atomic E-state index is 12.9. The standard InChI is InChI=1S/C17H30N2O5/c1-7-11(2)13(18-16(22)24-17(3,4)5)14(20)19-10-8-9-12(19)15(21)23-6/h11-13H,7-10H2,1-6H3,(H,18,22)/t11-,12-,13-/m0/s1. The Morgan fingerprint density at radius 3 is 2.42 bits per heavy atom. The van der Waals surface area contributed by atoms with E-state index in [1.165, 1.54) is 12.0 Å². The van der Waals surface area contributed by atoms with Crippen LogP contribution in [0.4, 0.5) is 4.79 Å². The van der Waals surface area contributed by atoms with Crippen molar-refractivity contribution >= 4 is 18.0 Å². The molecule has 1 heterocycles. The highest BCUT2D eigenvalue weighted by Gasteiger charge is 2.40. The van der Waals surface area contributed by atoms with E-state index in [9.17, 15) is 14.4 Å². The van der Waals surface area contributed by atoms with Crippen LogP contribution in [0.1, 0.15) is 53.9 Å². The van der Waals surface area contributed by atoms with Crippen LogP contribution < -0.4 is 5.32 Å². The maximum absolute atomic E-state index is 12.9. The van der Waals surface area contributed by atoms with Crippen molar-refractivity contribution in [2.24, 2.45) is 5.92 Å². The van der Waals surface area contributed by atoms with Gasteiger partial charge < -0.3 is 19.7 Å². The Kier molecular flexibility index (Phi) is 7.05. The largest absolute Gasteiger partial charge is 0.467 e. The number of carbonyl (C=O) groups is 3. The minimum atomic E-state index is -0.727. The number of amides is 2. The van der Waals surface area contributed by atoms with E-state index in [0.717, 1.165) is 6.42 Å². The van der Waals surface area contributed by atoms with Crippen molar-refractivity contribution in [3.63, 3.8) is 0 Å². The number of esters is 1. The van der Waals surface area contributed by atoms with Gasteiger partial charge in [-0.15, -0.1) is 0 Å². The van der Waals surface area contributed by atoms with Gasteiger partial charge in [0, 0.05) is 6.54 Å². The molecule has 0 aromatic rings. The number of alkyl carbamates (subject to hydrolysis) is 1. The predicted octanol–water partition coefficient (Wildman–Crippen LogP) is 2.09. The third-order valence-corrected chi connectivity index (χ3v) is 4.16. The van der Waals surface area contributed by atoms with E-state index in [1.807, 2.05) is 13.8 Å². The topological polar surface area (TPSA) is 84.9 Å². The molecule has 2 amide bonds. The fourth-order valence-electron chi connectivity index (χ4n) is 2.71. The maximum Gasteiger partial charge on any atom is 0.408 e. The summed E-state index contributed by atoms with van der Waals surface area (Å²) in [5.41, 5.74) is -0.644. The molecular formula is C17H30N2O5. The molecule has 1 N–H and O–H groups in total. The molecule has 1 fully saturated rings. The molecule has 1 rings (SSSR count). The van der Waals surface area contributed by atoms with Crippen molar-refractivity contribution in [3.8, 4) is 0 Å². The molecule has 1 aliphatic heterocycles. The van der Waals surface area contributed by atoms with Gasteiger partial charge in [-0.3, -0.25) is 4.79 Å². The van der Waals surface area contributed by atoms with Crippen LogP contribution in [0.2, 0.25) is 0 Å². The highest BCUT2D eigenvalue weighted by atomic mass is 16.6. The summed E-state index contributed by atoms with van der Waals surface area (Å²) in [5.74, 6) is -0.756. The van der Waals surface area contributed by atoms with Gasteiger partial charge in [-0.2, -0.15) is 0 Å². The summed E-state index contributed by atoms with van der Waals surface area (Å²) >= 11 is 0. The Morgan fingerprint density at radius 2 is 1.92 bits per heavy atom. The van der Waals surface area contributed by atoms with Crippen LogP contribution in [0.25, 0.3) is 0 Å². The summed E-state index contributed by atoms with van der Waals surface area (Å²) in [7, 11) is 1.31. The van der Waals surface area contributed by atoms with E-state index in [2.05, 4.69) is 5.32 Å². The van der Waals surface area contributed by atoms with Gasteiger partial charge >= 0.3 is 12.1 Å². The number of carbonyl (C=O) groups excluding carboxylic acids is 3. The lowest BCUT2D eigenvalue weighted by Crippen LogP contribution is -2.54. The van der Waals surface area contributed by atoms with Crippen molar-refractivity contribution in [2.45, 2.75) is 71.6 Å². The highest BCUT2D eigenvalue weighted by molar-refractivity contribution is 5.90. The predicted molar refractivity (Wildman–Crippen MR) is 89.4 cm³/mol. The van der Waals surface area contributed by atoms with E-state index in [1.54, 1.807) is 20.8 Å². The second kappa shape index (κ2) is 8.35. The van der Waals surface area contributed by atoms with E-state index in [4.69, 9.17) is 9.47 Å². The Morgan fingerprint density at radius 1 is 1.29 bits per heavy atom. The first-order valence-corrected chi connectivity index (χ1v) is 8.48. The lowest BCUT2D eigenvalue weighted by molar-refractivity contribution is -0.152. The van der Waals surface area contributed by atoms with Crippen LogP contribution in [-0.2, 0) is 19.1 Å². The van der Waals surface area contributed by atoms with Gasteiger partial charge in [-0.25, -0.2) is 9.59 Å². The van der Waals surface area contributed by atoms with Crippen LogP contribution in [0.5, 0.6) is 0 Å². The molecule has 0 aliphatic carbocycles. The Hall–Kier alpha value is -1.79. The Bertz CT molecular complexity index is 472. The first-order valence-electron chi connectivity index (χ1n) is 8.48. The number of likely N-dealkylation sites (tertiary alicyclic amines) is 1. The normalized spacial score (nSPS) is 20.2. The molecule has 7 heteroatoms. The molecule has 24 heavy (non-hydrogen) atoms. The monoisotopic (exact) mass is 342 g/mol. The number of rotatable bonds is 5. The average Bonchev–Trinajstić information content (AvgIpc) is 2.98. The second-order valence-electron chi connectivity index (χ2n) is 7.22. The van der Waals surface area contributed by atoms with Crippen LogP contribution in [-0.4, -0.2) is 54.2 Å². The number of hydrogen-bond donors (Lipinski definition) is 1. The summed E-state index contributed by atoms with van der Waals surface area (Å²) < 4.78 is 10.0. The molecule has 0 saturated carbocycles. The lowest BCUT2D eigenvalue weighted by Gasteiger charge is -2.31. The van der Waals surface area contributed by atoms with Crippen molar-refractivity contribution in [1.29, 1.82) is 0 Å². The third kappa shape index (κ3) is 5.39. The van der Waals surface area contributed by atoms with Crippen LogP contribution >= 0.6 is 0 Å². The first-order chi connectivity index (χ1) is 11.1. The van der Waals surface area contributed by atoms with Crippen LogP contribution in [0.3, 0.4) is 0 Å². The molecule has 0 radical (unpaired) electrons. The van der Waals surface area contributed by atoms with Crippen LogP contribution in [0.15, 0.2) is 0 Å². The summed E-state index contributed by atoms with van der Waals surface area (Å²) in [6, 6.07) is -1.30. The van der Waals surface area contributed by atoms with Gasteiger partial charge in [0.25, 0.3) is 0 Å². The highest BCUT2D eigenvalue weighted by Crippen LogP contribution is 2.22. The molecule has 0 bridgehead atoms. The fraction of sp³-hybridized carbons (Fsp3) is 0.824. The van der Waals surface area contributed by atoms with Crippen molar-refractivity contribution < 1.29 is 23.9 Å². The van der Waals surface area contributed by atoms with Crippen molar-refractivity contribution in [3.05, 3.63) is 0 Å². The van der Waals surface area contributed by atoms with Crippen molar-refractivity contribution in [1.82, 2.24) is 10.2 Å². The number of ether oxygens (including phenoxy) is 2. The molecule has 0 aromatic heterocycles. The van der Waals surface area contributed by atoms with E-state index in [0.29, 0.717) is 19.4 Å². The number of methoxy groups -OCH3 is 1. The summed E-state index contributed by atoms with van der Waals surface area (Å²) in [6.45, 7) is 9.62. The molecular weight excluding hydrogens is 312 g/mol. The van der Waals surface area contributed by atoms with Gasteiger partial charge in [-0.05, 0) is 39.5 Å². The van der Waals surface area contributed by atoms with Gasteiger partial charge in [0.15, 0.2) is 0 Å². The van der Waals surface area contributed by atoms with E-state index >= 15 is 0 Å². The summed E-state index contributed by atoms with van der Waals surface area (Å²) in [4.78, 5) is 38.4. The van der Waals surface area contributed by atoms with Gasteiger partial charge in [0.2, 0.25) is 5.91 Å². The second-order valence-corrected chi connectivity index (χ2v) is 7.22. The third-order valence-electron chi connectivity index (χ3n) is 4.16. The zero-order chi connectivity index (χ0) is 18.5. The zero-order valence-corrected chi connectivity index (χ0v) is 15.5. The summed E-state index contributed by atoms with van der Waals surface area (Å²) in [6.07, 6.45) is 1.40. The minimum absolute atomic E-state index is 0.0797. The lowest BCUT2D eigenvalue weighted by atomic mass is 9.97. The molecule has 0 aromatic carbocycles. The Labute approximate surface area is 144 Å². The molecule has 7 nitrogen and oxygen atoms in total. The number of nitrogens with one attached hydrogen (secondary N) is 1. The van der Waals surface area contributed by atoms with E-state index in [-0.39, 0.29) is 11.8 Å². The molecule has 1 aliphatic rings. The van der Waals surface area contributed by atoms with Crippen LogP contribution in [0, 0.1) is 5.92 Å². The summed E-state index contributed by atoms with van der Waals surface area (Å²) in [5, 5.41) is 2.67. The molecule has 138 valence electrons. The van der Waals surface area contributed by atoms with Crippen molar-refractivity contribution in [2.75, 3.05) is 13.7 Å². The quantitative estimate of drug-likeness (QED) is 0.773. The number of nitrogens with zero attached hydrogens (tertiary/aromatic N) is 1. The van der Waals surface area contributed by atoms with Gasteiger partial charge in [-0.1, -0.05) is 20.3 Å². The Balaban J connectivity index is 2.89. The average molecular weight is 342 g/mol. The smallest absolute Gasteiger partial charge is 0.408 e. The molecule has 0 spiro atoms. The van der Waals surface area contributed by atoms with Gasteiger partial charge in [0.05, 0.1) is 7.11 Å². The fourth-order valence-corrected chi connectivity index (χ4v) is 2.71. The van der Waals surface area contributed by atoms with E-state index < -0.39 is 29.7 Å².